The number of nitrogens with zero attached hydrogens (tertiary/aromatic N) is 3. The van der Waals surface area contributed by atoms with Gasteiger partial charge in [-0.15, -0.1) is 0 Å². The molecule has 2 aromatic carbocycles. The summed E-state index contributed by atoms with van der Waals surface area (Å²) < 4.78 is 5.50. The van der Waals surface area contributed by atoms with Crippen LogP contribution in [0.3, 0.4) is 0 Å². The van der Waals surface area contributed by atoms with Gasteiger partial charge in [-0.3, -0.25) is 4.98 Å². The van der Waals surface area contributed by atoms with E-state index in [0.29, 0.717) is 5.82 Å². The highest BCUT2D eigenvalue weighted by Gasteiger charge is 2.15. The summed E-state index contributed by atoms with van der Waals surface area (Å²) in [4.78, 5) is 13.7. The van der Waals surface area contributed by atoms with E-state index < -0.39 is 0 Å². The summed E-state index contributed by atoms with van der Waals surface area (Å²) in [5.41, 5.74) is 2.85. The number of pyridine rings is 1. The van der Waals surface area contributed by atoms with Crippen LogP contribution in [-0.4, -0.2) is 22.1 Å². The molecule has 134 valence electrons. The van der Waals surface area contributed by atoms with Crippen LogP contribution in [0, 0.1) is 0 Å². The summed E-state index contributed by atoms with van der Waals surface area (Å²) in [5.74, 6) is 2.29. The average Bonchev–Trinajstić information content (AvgIpc) is 2.74. The number of benzene rings is 2. The fraction of sp³-hybridized carbons (Fsp3) is 0.136. The molecule has 0 fully saturated rings. The van der Waals surface area contributed by atoms with Gasteiger partial charge in [0.25, 0.3) is 0 Å². The van der Waals surface area contributed by atoms with E-state index in [4.69, 9.17) is 14.7 Å². The van der Waals surface area contributed by atoms with Crippen LogP contribution in [0.5, 0.6) is 5.75 Å². The third kappa shape index (κ3) is 3.44. The Balaban J connectivity index is 1.78. The van der Waals surface area contributed by atoms with E-state index in [1.54, 1.807) is 19.5 Å². The first-order valence-corrected chi connectivity index (χ1v) is 8.83. The van der Waals surface area contributed by atoms with Crippen molar-refractivity contribution in [2.75, 3.05) is 12.4 Å². The standard InChI is InChI=1S/C22H20N4O/c1-15(17-9-4-6-12-20(17)27-2)24-22-18-10-3-5-11-19(18)25-21(26-22)16-8-7-13-23-14-16/h3-15H,1-2H3,(H,24,25,26)/t15-/m1/s1. The van der Waals surface area contributed by atoms with Crippen LogP contribution < -0.4 is 10.1 Å². The molecule has 27 heavy (non-hydrogen) atoms. The summed E-state index contributed by atoms with van der Waals surface area (Å²) in [6.45, 7) is 2.10. The van der Waals surface area contributed by atoms with E-state index in [2.05, 4.69) is 23.3 Å². The maximum atomic E-state index is 5.50. The second kappa shape index (κ2) is 7.41. The van der Waals surface area contributed by atoms with Crippen molar-refractivity contribution in [3.05, 3.63) is 78.6 Å². The molecule has 1 atom stereocenters. The summed E-state index contributed by atoms with van der Waals surface area (Å²) in [6.07, 6.45) is 3.52. The van der Waals surface area contributed by atoms with Crippen LogP contribution in [0.15, 0.2) is 73.1 Å². The molecule has 5 nitrogen and oxygen atoms in total. The Morgan fingerprint density at radius 2 is 1.74 bits per heavy atom. The number of ether oxygens (including phenoxy) is 1. The van der Waals surface area contributed by atoms with Crippen molar-refractivity contribution in [1.82, 2.24) is 15.0 Å². The molecule has 2 aromatic heterocycles. The zero-order chi connectivity index (χ0) is 18.6. The first-order chi connectivity index (χ1) is 13.3. The summed E-state index contributed by atoms with van der Waals surface area (Å²) in [6, 6.07) is 19.9. The van der Waals surface area contributed by atoms with Crippen LogP contribution >= 0.6 is 0 Å². The van der Waals surface area contributed by atoms with Gasteiger partial charge >= 0.3 is 0 Å². The number of para-hydroxylation sites is 2. The monoisotopic (exact) mass is 356 g/mol. The SMILES string of the molecule is COc1ccccc1[C@@H](C)Nc1nc(-c2cccnc2)nc2ccccc12. The van der Waals surface area contributed by atoms with E-state index in [0.717, 1.165) is 33.6 Å². The molecular weight excluding hydrogens is 336 g/mol. The predicted octanol–water partition coefficient (Wildman–Crippen LogP) is 4.87. The Labute approximate surface area is 158 Å². The fourth-order valence-electron chi connectivity index (χ4n) is 3.12. The summed E-state index contributed by atoms with van der Waals surface area (Å²) in [7, 11) is 1.69. The Morgan fingerprint density at radius 1 is 0.926 bits per heavy atom. The van der Waals surface area contributed by atoms with Gasteiger partial charge in [-0.25, -0.2) is 9.97 Å². The Hall–Kier alpha value is -3.47. The minimum atomic E-state index is 0.0150. The first kappa shape index (κ1) is 17.0. The van der Waals surface area contributed by atoms with Gasteiger partial charge in [0.2, 0.25) is 0 Å². The molecule has 1 N–H and O–H groups in total. The number of fused-ring (bicyclic) bond motifs is 1. The highest BCUT2D eigenvalue weighted by Crippen LogP contribution is 2.30. The Morgan fingerprint density at radius 3 is 2.56 bits per heavy atom. The minimum Gasteiger partial charge on any atom is -0.496 e. The van der Waals surface area contributed by atoms with Crippen LogP contribution in [0.1, 0.15) is 18.5 Å². The second-order valence-electron chi connectivity index (χ2n) is 6.26. The molecule has 0 aliphatic carbocycles. The van der Waals surface area contributed by atoms with Gasteiger partial charge < -0.3 is 10.1 Å². The van der Waals surface area contributed by atoms with Gasteiger partial charge in [-0.2, -0.15) is 0 Å². The molecule has 0 spiro atoms. The smallest absolute Gasteiger partial charge is 0.163 e. The Bertz CT molecular complexity index is 1070. The Kier molecular flexibility index (Phi) is 4.66. The van der Waals surface area contributed by atoms with Crippen LogP contribution in [0.2, 0.25) is 0 Å². The predicted molar refractivity (Wildman–Crippen MR) is 108 cm³/mol. The molecule has 0 radical (unpaired) electrons. The number of nitrogens with one attached hydrogen (secondary N) is 1. The zero-order valence-corrected chi connectivity index (χ0v) is 15.3. The zero-order valence-electron chi connectivity index (χ0n) is 15.3. The van der Waals surface area contributed by atoms with Crippen LogP contribution in [-0.2, 0) is 0 Å². The van der Waals surface area contributed by atoms with Crippen molar-refractivity contribution in [3.63, 3.8) is 0 Å². The van der Waals surface area contributed by atoms with Crippen molar-refractivity contribution >= 4 is 16.7 Å². The largest absolute Gasteiger partial charge is 0.496 e. The van der Waals surface area contributed by atoms with Gasteiger partial charge in [-0.1, -0.05) is 30.3 Å². The number of anilines is 1. The molecule has 5 heteroatoms. The van der Waals surface area contributed by atoms with Crippen molar-refractivity contribution in [2.45, 2.75) is 13.0 Å². The highest BCUT2D eigenvalue weighted by molar-refractivity contribution is 5.90. The number of methoxy groups -OCH3 is 1. The molecule has 0 amide bonds. The molecule has 0 unspecified atom stereocenters. The molecule has 4 rings (SSSR count). The maximum absolute atomic E-state index is 5.50. The number of hydrogen-bond donors (Lipinski definition) is 1. The normalized spacial score (nSPS) is 11.9. The third-order valence-electron chi connectivity index (χ3n) is 4.48. The van der Waals surface area contributed by atoms with Gasteiger partial charge in [0, 0.05) is 28.9 Å². The van der Waals surface area contributed by atoms with Gasteiger partial charge in [0.05, 0.1) is 18.7 Å². The highest BCUT2D eigenvalue weighted by atomic mass is 16.5. The van der Waals surface area contributed by atoms with Gasteiger partial charge in [0.15, 0.2) is 5.82 Å². The quantitative estimate of drug-likeness (QED) is 0.552. The number of hydrogen-bond acceptors (Lipinski definition) is 5. The second-order valence-corrected chi connectivity index (χ2v) is 6.26. The maximum Gasteiger partial charge on any atom is 0.163 e. The van der Waals surface area contributed by atoms with Crippen LogP contribution in [0.4, 0.5) is 5.82 Å². The summed E-state index contributed by atoms with van der Waals surface area (Å²) in [5, 5.41) is 4.51. The molecule has 0 aliphatic heterocycles. The lowest BCUT2D eigenvalue weighted by Gasteiger charge is -2.19. The third-order valence-corrected chi connectivity index (χ3v) is 4.48. The molecular formula is C22H20N4O. The van der Waals surface area contributed by atoms with E-state index in [1.165, 1.54) is 0 Å². The number of aromatic nitrogens is 3. The average molecular weight is 356 g/mol. The molecule has 2 heterocycles. The minimum absolute atomic E-state index is 0.0150. The van der Waals surface area contributed by atoms with E-state index in [-0.39, 0.29) is 6.04 Å². The van der Waals surface area contributed by atoms with Crippen molar-refractivity contribution < 1.29 is 4.74 Å². The van der Waals surface area contributed by atoms with Crippen molar-refractivity contribution in [1.29, 1.82) is 0 Å². The topological polar surface area (TPSA) is 59.9 Å². The summed E-state index contributed by atoms with van der Waals surface area (Å²) >= 11 is 0. The van der Waals surface area contributed by atoms with Gasteiger partial charge in [-0.05, 0) is 37.3 Å². The van der Waals surface area contributed by atoms with E-state index in [1.807, 2.05) is 54.6 Å². The van der Waals surface area contributed by atoms with Crippen molar-refractivity contribution in [3.8, 4) is 17.1 Å². The van der Waals surface area contributed by atoms with E-state index >= 15 is 0 Å². The van der Waals surface area contributed by atoms with Crippen LogP contribution in [0.25, 0.3) is 22.3 Å². The molecule has 0 saturated heterocycles. The molecule has 4 aromatic rings. The van der Waals surface area contributed by atoms with E-state index in [9.17, 15) is 0 Å². The lowest BCUT2D eigenvalue weighted by Crippen LogP contribution is -2.10. The van der Waals surface area contributed by atoms with Gasteiger partial charge in [0.1, 0.15) is 11.6 Å². The first-order valence-electron chi connectivity index (χ1n) is 8.83. The number of rotatable bonds is 5. The lowest BCUT2D eigenvalue weighted by molar-refractivity contribution is 0.408. The molecule has 0 saturated carbocycles. The molecule has 0 aliphatic rings. The molecule has 0 bridgehead atoms. The van der Waals surface area contributed by atoms with Crippen molar-refractivity contribution in [2.24, 2.45) is 0 Å². The lowest BCUT2D eigenvalue weighted by atomic mass is 10.1. The fourth-order valence-corrected chi connectivity index (χ4v) is 3.12.